The number of nitrogens with zero attached hydrogens (tertiary/aromatic N) is 2. The maximum atomic E-state index is 10.6. The molecule has 0 fully saturated rings. The van der Waals surface area contributed by atoms with Crippen molar-refractivity contribution in [1.29, 1.82) is 0 Å². The van der Waals surface area contributed by atoms with Crippen molar-refractivity contribution in [2.24, 2.45) is 0 Å². The third-order valence-corrected chi connectivity index (χ3v) is 2.45. The summed E-state index contributed by atoms with van der Waals surface area (Å²) >= 11 is 0. The zero-order valence-electron chi connectivity index (χ0n) is 8.92. The molecule has 1 atom stereocenters. The smallest absolute Gasteiger partial charge is 0.304 e. The lowest BCUT2D eigenvalue weighted by Crippen LogP contribution is -2.05. The average Bonchev–Trinajstić information content (AvgIpc) is 2.27. The summed E-state index contributed by atoms with van der Waals surface area (Å²) in [6, 6.07) is 7.55. The number of hydrogen-bond donors (Lipinski definition) is 1. The van der Waals surface area contributed by atoms with Crippen molar-refractivity contribution in [2.45, 2.75) is 19.3 Å². The van der Waals surface area contributed by atoms with Crippen LogP contribution in [0.3, 0.4) is 0 Å². The van der Waals surface area contributed by atoms with Crippen LogP contribution < -0.4 is 0 Å². The van der Waals surface area contributed by atoms with E-state index >= 15 is 0 Å². The standard InChI is InChI=1S/C12H12N2O2/c1-8(6-12(15)16)11-7-13-9-4-2-3-5-10(9)14-11/h2-5,7-8H,6H2,1H3,(H,15,16). The largest absolute Gasteiger partial charge is 0.481 e. The van der Waals surface area contributed by atoms with Gasteiger partial charge in [-0.3, -0.25) is 9.78 Å². The number of aliphatic carboxylic acids is 1. The molecule has 2 aromatic rings. The number of carboxylic acid groups (broad SMARTS) is 1. The lowest BCUT2D eigenvalue weighted by atomic mass is 10.0. The van der Waals surface area contributed by atoms with E-state index in [1.165, 1.54) is 0 Å². The molecule has 0 saturated heterocycles. The van der Waals surface area contributed by atoms with Crippen LogP contribution in [0.15, 0.2) is 30.5 Å². The predicted molar refractivity (Wildman–Crippen MR) is 60.2 cm³/mol. The molecule has 1 aromatic carbocycles. The summed E-state index contributed by atoms with van der Waals surface area (Å²) in [6.45, 7) is 1.84. The number of para-hydroxylation sites is 2. The lowest BCUT2D eigenvalue weighted by molar-refractivity contribution is -0.137. The monoisotopic (exact) mass is 216 g/mol. The molecule has 1 unspecified atom stereocenters. The molecule has 0 radical (unpaired) electrons. The summed E-state index contributed by atoms with van der Waals surface area (Å²) in [6.07, 6.45) is 1.73. The highest BCUT2D eigenvalue weighted by molar-refractivity contribution is 5.74. The predicted octanol–water partition coefficient (Wildman–Crippen LogP) is 2.21. The minimum absolute atomic E-state index is 0.0764. The van der Waals surface area contributed by atoms with Crippen molar-refractivity contribution in [1.82, 2.24) is 9.97 Å². The number of hydrogen-bond acceptors (Lipinski definition) is 3. The molecule has 0 bridgehead atoms. The Labute approximate surface area is 93.0 Å². The zero-order chi connectivity index (χ0) is 11.5. The molecule has 0 amide bonds. The van der Waals surface area contributed by atoms with Crippen LogP contribution in [0.25, 0.3) is 11.0 Å². The molecule has 0 aliphatic carbocycles. The Morgan fingerprint density at radius 2 is 2.06 bits per heavy atom. The Hall–Kier alpha value is -1.97. The molecule has 0 aliphatic heterocycles. The molecular formula is C12H12N2O2. The van der Waals surface area contributed by atoms with Gasteiger partial charge in [0.15, 0.2) is 0 Å². The molecule has 0 spiro atoms. The summed E-state index contributed by atoms with van der Waals surface area (Å²) in [4.78, 5) is 19.3. The Balaban J connectivity index is 2.35. The fraction of sp³-hybridized carbons (Fsp3) is 0.250. The molecular weight excluding hydrogens is 204 g/mol. The van der Waals surface area contributed by atoms with E-state index in [9.17, 15) is 4.79 Å². The highest BCUT2D eigenvalue weighted by Crippen LogP contribution is 2.18. The maximum absolute atomic E-state index is 10.6. The first-order valence-electron chi connectivity index (χ1n) is 5.10. The minimum atomic E-state index is -0.817. The van der Waals surface area contributed by atoms with Gasteiger partial charge in [-0.25, -0.2) is 4.98 Å². The molecule has 16 heavy (non-hydrogen) atoms. The molecule has 2 rings (SSSR count). The van der Waals surface area contributed by atoms with Crippen LogP contribution >= 0.6 is 0 Å². The van der Waals surface area contributed by atoms with Gasteiger partial charge in [0.25, 0.3) is 0 Å². The summed E-state index contributed by atoms with van der Waals surface area (Å²) in [5, 5.41) is 8.71. The number of benzene rings is 1. The van der Waals surface area contributed by atoms with E-state index in [2.05, 4.69) is 9.97 Å². The fourth-order valence-electron chi connectivity index (χ4n) is 1.58. The van der Waals surface area contributed by atoms with Crippen LogP contribution in [0.4, 0.5) is 0 Å². The van der Waals surface area contributed by atoms with E-state index in [0.29, 0.717) is 0 Å². The van der Waals surface area contributed by atoms with E-state index < -0.39 is 5.97 Å². The summed E-state index contributed by atoms with van der Waals surface area (Å²) in [5.74, 6) is -0.933. The molecule has 0 saturated carbocycles. The highest BCUT2D eigenvalue weighted by atomic mass is 16.4. The minimum Gasteiger partial charge on any atom is -0.481 e. The average molecular weight is 216 g/mol. The fourth-order valence-corrected chi connectivity index (χ4v) is 1.58. The van der Waals surface area contributed by atoms with Crippen molar-refractivity contribution in [3.05, 3.63) is 36.2 Å². The van der Waals surface area contributed by atoms with Gasteiger partial charge in [-0.05, 0) is 12.1 Å². The van der Waals surface area contributed by atoms with Gasteiger partial charge in [0, 0.05) is 12.1 Å². The number of carboxylic acids is 1. The van der Waals surface area contributed by atoms with Crippen molar-refractivity contribution in [3.8, 4) is 0 Å². The molecule has 1 heterocycles. The van der Waals surface area contributed by atoms with Crippen LogP contribution in [-0.2, 0) is 4.79 Å². The van der Waals surface area contributed by atoms with E-state index in [1.807, 2.05) is 31.2 Å². The maximum Gasteiger partial charge on any atom is 0.304 e. The first kappa shape index (κ1) is 10.5. The SMILES string of the molecule is CC(CC(=O)O)c1cnc2ccccc2n1. The van der Waals surface area contributed by atoms with Crippen molar-refractivity contribution < 1.29 is 9.90 Å². The molecule has 0 aliphatic rings. The second-order valence-electron chi connectivity index (χ2n) is 3.78. The van der Waals surface area contributed by atoms with E-state index in [-0.39, 0.29) is 12.3 Å². The van der Waals surface area contributed by atoms with Crippen LogP contribution in [0, 0.1) is 0 Å². The van der Waals surface area contributed by atoms with Gasteiger partial charge in [-0.1, -0.05) is 19.1 Å². The quantitative estimate of drug-likeness (QED) is 0.854. The van der Waals surface area contributed by atoms with Gasteiger partial charge >= 0.3 is 5.97 Å². The number of aromatic nitrogens is 2. The van der Waals surface area contributed by atoms with Gasteiger partial charge in [-0.15, -0.1) is 0 Å². The van der Waals surface area contributed by atoms with Crippen molar-refractivity contribution >= 4 is 17.0 Å². The van der Waals surface area contributed by atoms with Gasteiger partial charge in [0.2, 0.25) is 0 Å². The number of rotatable bonds is 3. The topological polar surface area (TPSA) is 63.1 Å². The molecule has 4 heteroatoms. The van der Waals surface area contributed by atoms with E-state index in [4.69, 9.17) is 5.11 Å². The summed E-state index contributed by atoms with van der Waals surface area (Å²) in [7, 11) is 0. The highest BCUT2D eigenvalue weighted by Gasteiger charge is 2.12. The normalized spacial score (nSPS) is 12.6. The van der Waals surface area contributed by atoms with E-state index in [0.717, 1.165) is 16.7 Å². The Morgan fingerprint density at radius 3 is 2.75 bits per heavy atom. The third-order valence-electron chi connectivity index (χ3n) is 2.45. The molecule has 4 nitrogen and oxygen atoms in total. The van der Waals surface area contributed by atoms with Gasteiger partial charge < -0.3 is 5.11 Å². The van der Waals surface area contributed by atoms with Crippen LogP contribution in [-0.4, -0.2) is 21.0 Å². The van der Waals surface area contributed by atoms with Crippen molar-refractivity contribution in [3.63, 3.8) is 0 Å². The molecule has 82 valence electrons. The van der Waals surface area contributed by atoms with E-state index in [1.54, 1.807) is 6.20 Å². The Morgan fingerprint density at radius 1 is 1.38 bits per heavy atom. The molecule has 1 aromatic heterocycles. The number of fused-ring (bicyclic) bond motifs is 1. The Bertz CT molecular complexity index is 525. The summed E-state index contributed by atoms with van der Waals surface area (Å²) in [5.41, 5.74) is 2.35. The van der Waals surface area contributed by atoms with Crippen LogP contribution in [0.2, 0.25) is 0 Å². The molecule has 1 N–H and O–H groups in total. The van der Waals surface area contributed by atoms with Crippen molar-refractivity contribution in [2.75, 3.05) is 0 Å². The lowest BCUT2D eigenvalue weighted by Gasteiger charge is -2.08. The Kier molecular flexibility index (Phi) is 2.81. The first-order valence-corrected chi connectivity index (χ1v) is 5.10. The summed E-state index contributed by atoms with van der Waals surface area (Å²) < 4.78 is 0. The number of carbonyl (C=O) groups is 1. The first-order chi connectivity index (χ1) is 7.66. The second-order valence-corrected chi connectivity index (χ2v) is 3.78. The van der Waals surface area contributed by atoms with Gasteiger partial charge in [0.05, 0.1) is 23.1 Å². The third kappa shape index (κ3) is 2.16. The van der Waals surface area contributed by atoms with Crippen LogP contribution in [0.5, 0.6) is 0 Å². The van der Waals surface area contributed by atoms with Gasteiger partial charge in [0.1, 0.15) is 0 Å². The van der Waals surface area contributed by atoms with Crippen LogP contribution in [0.1, 0.15) is 25.0 Å². The zero-order valence-corrected chi connectivity index (χ0v) is 8.92. The van der Waals surface area contributed by atoms with Gasteiger partial charge in [-0.2, -0.15) is 0 Å². The second kappa shape index (κ2) is 4.26.